The van der Waals surface area contributed by atoms with Crippen molar-refractivity contribution >= 4 is 11.9 Å². The number of hydrogen-bond acceptors (Lipinski definition) is 18. The minimum Gasteiger partial charge on any atom is -0.481 e. The van der Waals surface area contributed by atoms with E-state index >= 15 is 0 Å². The number of carbonyl (C=O) groups excluding carboxylic acids is 1. The van der Waals surface area contributed by atoms with E-state index in [2.05, 4.69) is 18.7 Å². The molecule has 0 unspecified atom stereocenters. The van der Waals surface area contributed by atoms with Gasteiger partial charge in [-0.05, 0) is 73.1 Å². The Morgan fingerprint density at radius 2 is 1.25 bits per heavy atom. The Morgan fingerprint density at radius 3 is 1.85 bits per heavy atom. The highest BCUT2D eigenvalue weighted by Crippen LogP contribution is 2.33. The van der Waals surface area contributed by atoms with Crippen molar-refractivity contribution in [2.45, 2.75) is 177 Å². The van der Waals surface area contributed by atoms with Crippen LogP contribution >= 0.6 is 0 Å². The van der Waals surface area contributed by atoms with Crippen molar-refractivity contribution in [1.29, 1.82) is 0 Å². The predicted molar refractivity (Wildman–Crippen MR) is 209 cm³/mol. The normalized spacial score (nSPS) is 36.7. The van der Waals surface area contributed by atoms with Gasteiger partial charge in [0.05, 0.1) is 24.9 Å². The Bertz CT molecular complexity index is 1470. The highest BCUT2D eigenvalue weighted by Gasteiger charge is 2.51. The second-order valence-corrected chi connectivity index (χ2v) is 16.0. The Balaban J connectivity index is 1.41. The summed E-state index contributed by atoms with van der Waals surface area (Å²) in [4.78, 5) is 22.2. The summed E-state index contributed by atoms with van der Waals surface area (Å²) >= 11 is 0. The lowest BCUT2D eigenvalue weighted by atomic mass is 9.95. The van der Waals surface area contributed by atoms with Gasteiger partial charge in [0, 0.05) is 0 Å². The molecule has 0 radical (unpaired) electrons. The van der Waals surface area contributed by atoms with E-state index in [-0.39, 0.29) is 6.61 Å². The average molecular weight is 863 g/mol. The second kappa shape index (κ2) is 24.2. The largest absolute Gasteiger partial charge is 0.481 e. The topological polar surface area (TPSA) is 301 Å². The van der Waals surface area contributed by atoms with Crippen molar-refractivity contribution in [2.24, 2.45) is 0 Å². The molecule has 3 aliphatic heterocycles. The molecule has 0 amide bonds. The van der Waals surface area contributed by atoms with Crippen LogP contribution in [0.2, 0.25) is 0 Å². The summed E-state index contributed by atoms with van der Waals surface area (Å²) in [5.74, 6) is -2.43. The predicted octanol–water partition coefficient (Wildman–Crippen LogP) is -0.379. The Morgan fingerprint density at radius 1 is 0.700 bits per heavy atom. The standard InChI is InChI=1S/C41H66O19/c1-7-41(6,60-40-36(53)33(50)37(25(18-42)57-40)59-39-35(52)31(48)29(46)24(5)56-39)16-10-15-22(3)12-8-11-21(2)13-9-14-23(4)19-55-38-34(51)32(49)30(47)26(58-38)20-54-28(45)17-27(43)44/h7,11,14-15,24-26,29-40,42,46-53H,1,8-10,12-13,16-20H2,2-6H3,(H,43,44)/b21-11+,22-15+,23-14-/t24-,25+,26+,29-,30+,31+,32-,33+,34+,35+,36+,37+,38+,39-,40-,41+/m0/s1. The lowest BCUT2D eigenvalue weighted by Gasteiger charge is -2.47. The molecule has 19 nitrogen and oxygen atoms in total. The van der Waals surface area contributed by atoms with Crippen molar-refractivity contribution in [3.8, 4) is 0 Å². The van der Waals surface area contributed by atoms with Crippen LogP contribution in [0.25, 0.3) is 0 Å². The van der Waals surface area contributed by atoms with Crippen LogP contribution in [0, 0.1) is 0 Å². The molecule has 3 heterocycles. The number of ether oxygens (including phenoxy) is 7. The van der Waals surface area contributed by atoms with Crippen LogP contribution < -0.4 is 0 Å². The molecule has 0 bridgehead atoms. The van der Waals surface area contributed by atoms with E-state index in [4.69, 9.17) is 38.3 Å². The molecule has 60 heavy (non-hydrogen) atoms. The average Bonchev–Trinajstić information content (AvgIpc) is 3.19. The van der Waals surface area contributed by atoms with E-state index in [1.807, 2.05) is 26.8 Å². The SMILES string of the molecule is C=C[C@](C)(CC/C=C(\C)CC/C=C(\C)CC/C=C(/C)CO[C@@H]1O[C@H](COC(=O)CC(=O)O)[C@@H](O)[C@H](O)[C@H]1O)O[C@@H]1O[C@H](CO)[C@@H](O[C@@H]2O[C@@H](C)[C@H](O)[C@@H](O)[C@H]2O)[C@H](O)[C@H]1O. The molecule has 0 aliphatic carbocycles. The number of allylic oxidation sites excluding steroid dienone is 5. The summed E-state index contributed by atoms with van der Waals surface area (Å²) in [6.07, 6.45) is -10.6. The zero-order chi connectivity index (χ0) is 44.9. The van der Waals surface area contributed by atoms with Crippen LogP contribution in [0.1, 0.15) is 79.6 Å². The number of carbonyl (C=O) groups is 2. The van der Waals surface area contributed by atoms with Gasteiger partial charge in [0.25, 0.3) is 0 Å². The minimum absolute atomic E-state index is 0.0501. The maximum atomic E-state index is 11.6. The fourth-order valence-corrected chi connectivity index (χ4v) is 6.79. The van der Waals surface area contributed by atoms with Gasteiger partial charge >= 0.3 is 11.9 Å². The molecule has 0 saturated carbocycles. The second-order valence-electron chi connectivity index (χ2n) is 16.0. The summed E-state index contributed by atoms with van der Waals surface area (Å²) in [5, 5.41) is 102. The van der Waals surface area contributed by atoms with Crippen LogP contribution in [0.15, 0.2) is 47.6 Å². The number of aliphatic carboxylic acids is 1. The van der Waals surface area contributed by atoms with Gasteiger partial charge in [-0.2, -0.15) is 0 Å². The molecule has 0 spiro atoms. The lowest BCUT2D eigenvalue weighted by molar-refractivity contribution is -0.363. The molecular weight excluding hydrogens is 796 g/mol. The number of carboxylic acids is 1. The van der Waals surface area contributed by atoms with Gasteiger partial charge in [0.1, 0.15) is 80.2 Å². The Labute approximate surface area is 350 Å². The van der Waals surface area contributed by atoms with Gasteiger partial charge in [-0.25, -0.2) is 0 Å². The smallest absolute Gasteiger partial charge is 0.317 e. The summed E-state index contributed by atoms with van der Waals surface area (Å²) in [5.41, 5.74) is 2.15. The van der Waals surface area contributed by atoms with Crippen molar-refractivity contribution in [3.63, 3.8) is 0 Å². The summed E-state index contributed by atoms with van der Waals surface area (Å²) in [7, 11) is 0. The number of esters is 1. The third kappa shape index (κ3) is 15.0. The first kappa shape index (κ1) is 51.6. The zero-order valence-corrected chi connectivity index (χ0v) is 34.9. The molecule has 10 N–H and O–H groups in total. The fraction of sp³-hybridized carbons (Fsp3) is 0.756. The van der Waals surface area contributed by atoms with E-state index in [0.717, 1.165) is 30.4 Å². The maximum absolute atomic E-state index is 11.6. The number of aliphatic hydroxyl groups is 9. The Kier molecular flexibility index (Phi) is 20.9. The van der Waals surface area contributed by atoms with Crippen molar-refractivity contribution in [1.82, 2.24) is 0 Å². The van der Waals surface area contributed by atoms with E-state index < -0.39 is 129 Å². The molecule has 0 aromatic heterocycles. The van der Waals surface area contributed by atoms with E-state index in [0.29, 0.717) is 19.3 Å². The molecule has 3 saturated heterocycles. The van der Waals surface area contributed by atoms with Crippen molar-refractivity contribution < 1.29 is 93.8 Å². The molecule has 19 heteroatoms. The highest BCUT2D eigenvalue weighted by molar-refractivity contribution is 5.90. The van der Waals surface area contributed by atoms with Crippen LogP contribution in [-0.4, -0.2) is 181 Å². The van der Waals surface area contributed by atoms with Gasteiger partial charge in [-0.15, -0.1) is 6.58 Å². The highest BCUT2D eigenvalue weighted by atomic mass is 16.7. The quantitative estimate of drug-likeness (QED) is 0.0377. The lowest BCUT2D eigenvalue weighted by Crippen LogP contribution is -2.64. The molecule has 344 valence electrons. The van der Waals surface area contributed by atoms with E-state index in [1.54, 1.807) is 13.0 Å². The molecular formula is C41H66O19. The number of aliphatic hydroxyl groups excluding tert-OH is 9. The third-order valence-corrected chi connectivity index (χ3v) is 10.8. The molecule has 3 rings (SSSR count). The van der Waals surface area contributed by atoms with E-state index in [9.17, 15) is 55.5 Å². The minimum atomic E-state index is -1.67. The maximum Gasteiger partial charge on any atom is 0.317 e. The van der Waals surface area contributed by atoms with Gasteiger partial charge < -0.3 is 84.2 Å². The fourth-order valence-electron chi connectivity index (χ4n) is 6.79. The van der Waals surface area contributed by atoms with Gasteiger partial charge in [-0.1, -0.05) is 41.0 Å². The molecule has 0 aromatic carbocycles. The molecule has 0 aromatic rings. The number of hydrogen-bond donors (Lipinski definition) is 10. The van der Waals surface area contributed by atoms with Gasteiger partial charge in [0.15, 0.2) is 18.9 Å². The summed E-state index contributed by atoms with van der Waals surface area (Å²) in [6.45, 7) is 11.8. The number of rotatable bonds is 22. The van der Waals surface area contributed by atoms with Crippen molar-refractivity contribution in [3.05, 3.63) is 47.6 Å². The Hall–Kier alpha value is -2.70. The number of carboxylic acid groups (broad SMARTS) is 1. The van der Waals surface area contributed by atoms with Crippen LogP contribution in [-0.2, 0) is 42.7 Å². The van der Waals surface area contributed by atoms with Crippen molar-refractivity contribution in [2.75, 3.05) is 19.8 Å². The third-order valence-electron chi connectivity index (χ3n) is 10.8. The van der Waals surface area contributed by atoms with Crippen LogP contribution in [0.5, 0.6) is 0 Å². The van der Waals surface area contributed by atoms with E-state index in [1.165, 1.54) is 12.5 Å². The zero-order valence-electron chi connectivity index (χ0n) is 34.9. The molecule has 3 fully saturated rings. The molecule has 3 aliphatic rings. The monoisotopic (exact) mass is 862 g/mol. The van der Waals surface area contributed by atoms with Crippen LogP contribution in [0.4, 0.5) is 0 Å². The summed E-state index contributed by atoms with van der Waals surface area (Å²) < 4.78 is 39.0. The van der Waals surface area contributed by atoms with Gasteiger partial charge in [0.2, 0.25) is 0 Å². The van der Waals surface area contributed by atoms with Crippen LogP contribution in [0.3, 0.4) is 0 Å². The summed E-state index contributed by atoms with van der Waals surface area (Å²) in [6, 6.07) is 0. The van der Waals surface area contributed by atoms with Gasteiger partial charge in [-0.3, -0.25) is 9.59 Å². The molecule has 16 atom stereocenters. The first-order valence-electron chi connectivity index (χ1n) is 20.2. The first-order chi connectivity index (χ1) is 28.2. The first-order valence-corrected chi connectivity index (χ1v) is 20.2.